The number of carbonyl (C=O) groups excluding carboxylic acids is 2. The molecule has 6 nitrogen and oxygen atoms in total. The molecule has 0 aromatic heterocycles. The van der Waals surface area contributed by atoms with E-state index in [4.69, 9.17) is 9.47 Å². The lowest BCUT2D eigenvalue weighted by atomic mass is 10.1. The van der Waals surface area contributed by atoms with E-state index in [-0.39, 0.29) is 6.61 Å². The third-order valence-electron chi connectivity index (χ3n) is 4.12. The highest BCUT2D eigenvalue weighted by atomic mass is 16.5. The second-order valence-electron chi connectivity index (χ2n) is 6.61. The first kappa shape index (κ1) is 20.3. The van der Waals surface area contributed by atoms with Crippen molar-refractivity contribution in [3.63, 3.8) is 0 Å². The first-order valence-electron chi connectivity index (χ1n) is 8.79. The molecule has 144 valence electrons. The Morgan fingerprint density at radius 1 is 1.00 bits per heavy atom. The minimum absolute atomic E-state index is 0.199. The van der Waals surface area contributed by atoms with Crippen LogP contribution >= 0.6 is 0 Å². The van der Waals surface area contributed by atoms with Crippen LogP contribution in [0.3, 0.4) is 0 Å². The fourth-order valence-corrected chi connectivity index (χ4v) is 2.53. The van der Waals surface area contributed by atoms with Crippen molar-refractivity contribution in [3.05, 3.63) is 58.7 Å². The van der Waals surface area contributed by atoms with Gasteiger partial charge in [0.15, 0.2) is 12.7 Å². The second kappa shape index (κ2) is 9.07. The van der Waals surface area contributed by atoms with Gasteiger partial charge in [0.25, 0.3) is 11.8 Å². The second-order valence-corrected chi connectivity index (χ2v) is 6.61. The summed E-state index contributed by atoms with van der Waals surface area (Å²) in [6, 6.07) is 11.4. The van der Waals surface area contributed by atoms with Gasteiger partial charge in [0.1, 0.15) is 11.5 Å². The molecule has 2 N–H and O–H groups in total. The van der Waals surface area contributed by atoms with Gasteiger partial charge >= 0.3 is 0 Å². The summed E-state index contributed by atoms with van der Waals surface area (Å²) in [6.07, 6.45) is -0.758. The fourth-order valence-electron chi connectivity index (χ4n) is 2.53. The summed E-state index contributed by atoms with van der Waals surface area (Å²) in [6.45, 7) is 9.24. The third kappa shape index (κ3) is 6.02. The van der Waals surface area contributed by atoms with Crippen LogP contribution in [-0.2, 0) is 9.59 Å². The number of ether oxygens (including phenoxy) is 2. The van der Waals surface area contributed by atoms with Crippen LogP contribution in [0.2, 0.25) is 0 Å². The Balaban J connectivity index is 1.80. The number of nitrogens with one attached hydrogen (secondary N) is 2. The van der Waals surface area contributed by atoms with Crippen LogP contribution in [0.25, 0.3) is 0 Å². The summed E-state index contributed by atoms with van der Waals surface area (Å²) in [5.41, 5.74) is 8.84. The zero-order valence-corrected chi connectivity index (χ0v) is 16.4. The summed E-state index contributed by atoms with van der Waals surface area (Å²) in [5.74, 6) is 0.347. The van der Waals surface area contributed by atoms with E-state index in [1.807, 2.05) is 64.1 Å². The van der Waals surface area contributed by atoms with Crippen molar-refractivity contribution in [2.75, 3.05) is 6.61 Å². The maximum atomic E-state index is 12.1. The van der Waals surface area contributed by atoms with Crippen LogP contribution in [-0.4, -0.2) is 24.5 Å². The number of hydrogen-bond acceptors (Lipinski definition) is 4. The molecule has 0 spiro atoms. The van der Waals surface area contributed by atoms with Gasteiger partial charge in [-0.15, -0.1) is 0 Å². The lowest BCUT2D eigenvalue weighted by Crippen LogP contribution is -2.48. The molecule has 1 atom stereocenters. The molecular formula is C21H26N2O4. The molecule has 2 aromatic rings. The molecule has 0 fully saturated rings. The third-order valence-corrected chi connectivity index (χ3v) is 4.12. The van der Waals surface area contributed by atoms with Crippen LogP contribution in [0.4, 0.5) is 0 Å². The first-order chi connectivity index (χ1) is 12.8. The fraction of sp³-hybridized carbons (Fsp3) is 0.333. The summed E-state index contributed by atoms with van der Waals surface area (Å²) in [4.78, 5) is 24.0. The van der Waals surface area contributed by atoms with E-state index in [1.165, 1.54) is 0 Å². The van der Waals surface area contributed by atoms with Crippen molar-refractivity contribution in [2.24, 2.45) is 0 Å². The molecule has 27 heavy (non-hydrogen) atoms. The number of aryl methyl sites for hydroxylation is 3. The molecule has 0 bridgehead atoms. The summed E-state index contributed by atoms with van der Waals surface area (Å²) >= 11 is 0. The van der Waals surface area contributed by atoms with Crippen molar-refractivity contribution < 1.29 is 19.1 Å². The topological polar surface area (TPSA) is 76.7 Å². The van der Waals surface area contributed by atoms with Crippen molar-refractivity contribution in [1.82, 2.24) is 10.9 Å². The molecule has 2 aromatic carbocycles. The van der Waals surface area contributed by atoms with Crippen molar-refractivity contribution in [1.29, 1.82) is 0 Å². The Kier molecular flexibility index (Phi) is 6.82. The van der Waals surface area contributed by atoms with Crippen LogP contribution in [0, 0.1) is 27.7 Å². The minimum Gasteiger partial charge on any atom is -0.484 e. The van der Waals surface area contributed by atoms with Crippen LogP contribution < -0.4 is 20.3 Å². The average molecular weight is 370 g/mol. The number of carbonyl (C=O) groups is 2. The maximum Gasteiger partial charge on any atom is 0.279 e. The molecule has 0 radical (unpaired) electrons. The zero-order chi connectivity index (χ0) is 20.0. The van der Waals surface area contributed by atoms with Crippen LogP contribution in [0.1, 0.15) is 29.2 Å². The van der Waals surface area contributed by atoms with Gasteiger partial charge in [-0.25, -0.2) is 0 Å². The summed E-state index contributed by atoms with van der Waals surface area (Å²) < 4.78 is 11.1. The van der Waals surface area contributed by atoms with E-state index in [9.17, 15) is 9.59 Å². The highest BCUT2D eigenvalue weighted by Gasteiger charge is 2.17. The molecule has 2 rings (SSSR count). The normalized spacial score (nSPS) is 11.4. The number of hydrogen-bond donors (Lipinski definition) is 2. The van der Waals surface area contributed by atoms with E-state index in [0.717, 1.165) is 22.3 Å². The van der Waals surface area contributed by atoms with Gasteiger partial charge in [-0.05, 0) is 75.1 Å². The number of hydrazine groups is 1. The smallest absolute Gasteiger partial charge is 0.279 e. The number of amides is 2. The molecule has 0 saturated heterocycles. The SMILES string of the molecule is Cc1cc(C)cc(OCC(=O)NNC(=O)[C@@H](C)Oc2cccc(C)c2C)c1. The van der Waals surface area contributed by atoms with Gasteiger partial charge in [0.05, 0.1) is 0 Å². The van der Waals surface area contributed by atoms with Gasteiger partial charge in [-0.2, -0.15) is 0 Å². The summed E-state index contributed by atoms with van der Waals surface area (Å²) in [7, 11) is 0. The predicted molar refractivity (Wildman–Crippen MR) is 104 cm³/mol. The van der Waals surface area contributed by atoms with Crippen LogP contribution in [0.5, 0.6) is 11.5 Å². The van der Waals surface area contributed by atoms with Crippen molar-refractivity contribution in [2.45, 2.75) is 40.7 Å². The largest absolute Gasteiger partial charge is 0.484 e. The Morgan fingerprint density at radius 3 is 2.33 bits per heavy atom. The van der Waals surface area contributed by atoms with Crippen LogP contribution in [0.15, 0.2) is 36.4 Å². The van der Waals surface area contributed by atoms with E-state index < -0.39 is 17.9 Å². The van der Waals surface area contributed by atoms with Gasteiger partial charge in [0.2, 0.25) is 0 Å². The quantitative estimate of drug-likeness (QED) is 0.767. The molecule has 0 unspecified atom stereocenters. The monoisotopic (exact) mass is 370 g/mol. The number of rotatable bonds is 6. The zero-order valence-electron chi connectivity index (χ0n) is 16.4. The Morgan fingerprint density at radius 2 is 1.67 bits per heavy atom. The van der Waals surface area contributed by atoms with E-state index in [1.54, 1.807) is 6.92 Å². The molecule has 6 heteroatoms. The Hall–Kier alpha value is -3.02. The lowest BCUT2D eigenvalue weighted by molar-refractivity contribution is -0.133. The van der Waals surface area contributed by atoms with E-state index in [0.29, 0.717) is 11.5 Å². The molecule has 0 aliphatic carbocycles. The standard InChI is InChI=1S/C21H26N2O4/c1-13-9-14(2)11-18(10-13)26-12-20(24)22-23-21(25)17(5)27-19-8-6-7-15(3)16(19)4/h6-11,17H,12H2,1-5H3,(H,22,24)(H,23,25)/t17-/m1/s1. The molecular weight excluding hydrogens is 344 g/mol. The summed E-state index contributed by atoms with van der Waals surface area (Å²) in [5, 5.41) is 0. The van der Waals surface area contributed by atoms with Gasteiger partial charge in [0, 0.05) is 0 Å². The molecule has 0 heterocycles. The molecule has 0 aliphatic heterocycles. The first-order valence-corrected chi connectivity index (χ1v) is 8.79. The maximum absolute atomic E-state index is 12.1. The van der Waals surface area contributed by atoms with Gasteiger partial charge in [-0.3, -0.25) is 20.4 Å². The minimum atomic E-state index is -0.758. The average Bonchev–Trinajstić information content (AvgIpc) is 2.61. The Bertz CT molecular complexity index is 813. The number of benzene rings is 2. The predicted octanol–water partition coefficient (Wildman–Crippen LogP) is 2.91. The highest BCUT2D eigenvalue weighted by molar-refractivity contribution is 5.85. The highest BCUT2D eigenvalue weighted by Crippen LogP contribution is 2.21. The van der Waals surface area contributed by atoms with E-state index >= 15 is 0 Å². The molecule has 0 aliphatic rings. The Labute approximate surface area is 159 Å². The van der Waals surface area contributed by atoms with Crippen molar-refractivity contribution in [3.8, 4) is 11.5 Å². The van der Waals surface area contributed by atoms with Crippen molar-refractivity contribution >= 4 is 11.8 Å². The molecule has 0 saturated carbocycles. The molecule has 2 amide bonds. The lowest BCUT2D eigenvalue weighted by Gasteiger charge is -2.17. The van der Waals surface area contributed by atoms with Gasteiger partial charge in [-0.1, -0.05) is 18.2 Å². The van der Waals surface area contributed by atoms with E-state index in [2.05, 4.69) is 10.9 Å². The van der Waals surface area contributed by atoms with Gasteiger partial charge < -0.3 is 9.47 Å².